The molecule has 3 heteroatoms. The average Bonchev–Trinajstić information content (AvgIpc) is 2.47. The van der Waals surface area contributed by atoms with Crippen LogP contribution in [0.2, 0.25) is 0 Å². The minimum absolute atomic E-state index is 0.0520. The van der Waals surface area contributed by atoms with E-state index in [0.29, 0.717) is 5.75 Å². The third-order valence-corrected chi connectivity index (χ3v) is 3.50. The molecule has 0 radical (unpaired) electrons. The molecule has 0 saturated heterocycles. The molecule has 0 aliphatic carbocycles. The zero-order chi connectivity index (χ0) is 14.5. The summed E-state index contributed by atoms with van der Waals surface area (Å²) in [6, 6.07) is 15.9. The first kappa shape index (κ1) is 14.4. The molecule has 0 bridgehead atoms. The van der Waals surface area contributed by atoms with E-state index in [1.54, 1.807) is 13.2 Å². The van der Waals surface area contributed by atoms with E-state index in [0.717, 1.165) is 5.56 Å². The number of hydrogen-bond acceptors (Lipinski definition) is 3. The van der Waals surface area contributed by atoms with Crippen LogP contribution in [0.1, 0.15) is 37.1 Å². The molecule has 3 nitrogen and oxygen atoms in total. The zero-order valence-electron chi connectivity index (χ0n) is 12.1. The van der Waals surface area contributed by atoms with Crippen LogP contribution in [0.25, 0.3) is 0 Å². The maximum absolute atomic E-state index is 10.1. The number of rotatable bonds is 5. The number of hydrogen-bond donors (Lipinski definition) is 2. The van der Waals surface area contributed by atoms with E-state index in [2.05, 4.69) is 24.4 Å². The van der Waals surface area contributed by atoms with Crippen molar-refractivity contribution in [3.8, 4) is 11.5 Å². The van der Waals surface area contributed by atoms with Crippen LogP contribution in [0.4, 0.5) is 0 Å². The second-order valence-electron chi connectivity index (χ2n) is 4.95. The lowest BCUT2D eigenvalue weighted by Gasteiger charge is -2.21. The molecule has 0 fully saturated rings. The zero-order valence-corrected chi connectivity index (χ0v) is 12.1. The van der Waals surface area contributed by atoms with Crippen LogP contribution in [-0.2, 0) is 0 Å². The number of phenolic OH excluding ortho intramolecular Hbond substituents is 1. The van der Waals surface area contributed by atoms with Crippen molar-refractivity contribution >= 4 is 0 Å². The Morgan fingerprint density at radius 1 is 1.00 bits per heavy atom. The van der Waals surface area contributed by atoms with Crippen molar-refractivity contribution in [2.75, 3.05) is 7.11 Å². The van der Waals surface area contributed by atoms with Crippen molar-refractivity contribution in [1.82, 2.24) is 5.32 Å². The topological polar surface area (TPSA) is 41.5 Å². The molecule has 2 aromatic carbocycles. The highest BCUT2D eigenvalue weighted by molar-refractivity contribution is 5.41. The van der Waals surface area contributed by atoms with E-state index in [4.69, 9.17) is 4.74 Å². The minimum atomic E-state index is 0.0520. The standard InChI is InChI=1S/C17H21NO2/c1-12(14-7-5-4-6-8-14)18-13(2)16-10-9-15(20-3)11-17(16)19/h4-13,18-19H,1-3H3. The first-order valence-electron chi connectivity index (χ1n) is 6.79. The van der Waals surface area contributed by atoms with Crippen molar-refractivity contribution in [2.24, 2.45) is 0 Å². The Morgan fingerprint density at radius 3 is 2.30 bits per heavy atom. The molecule has 0 aromatic heterocycles. The van der Waals surface area contributed by atoms with Gasteiger partial charge in [-0.05, 0) is 25.5 Å². The molecule has 106 valence electrons. The number of phenols is 1. The van der Waals surface area contributed by atoms with Gasteiger partial charge < -0.3 is 15.2 Å². The quantitative estimate of drug-likeness (QED) is 0.868. The lowest BCUT2D eigenvalue weighted by molar-refractivity contribution is 0.402. The Hall–Kier alpha value is -2.00. The fourth-order valence-electron chi connectivity index (χ4n) is 2.32. The van der Waals surface area contributed by atoms with Gasteiger partial charge in [-0.1, -0.05) is 36.4 Å². The summed E-state index contributed by atoms with van der Waals surface area (Å²) in [5.41, 5.74) is 2.10. The SMILES string of the molecule is COc1ccc(C(C)NC(C)c2ccccc2)c(O)c1. The fraction of sp³-hybridized carbons (Fsp3) is 0.294. The highest BCUT2D eigenvalue weighted by atomic mass is 16.5. The van der Waals surface area contributed by atoms with E-state index in [-0.39, 0.29) is 17.8 Å². The molecule has 0 aliphatic rings. The van der Waals surface area contributed by atoms with Crippen LogP contribution in [0.3, 0.4) is 0 Å². The Morgan fingerprint density at radius 2 is 1.70 bits per heavy atom. The molecular weight excluding hydrogens is 250 g/mol. The lowest BCUT2D eigenvalue weighted by Crippen LogP contribution is -2.22. The van der Waals surface area contributed by atoms with Crippen LogP contribution in [0.15, 0.2) is 48.5 Å². The second kappa shape index (κ2) is 6.44. The summed E-state index contributed by atoms with van der Waals surface area (Å²) in [6.45, 7) is 4.16. The summed E-state index contributed by atoms with van der Waals surface area (Å²) in [5, 5.41) is 13.5. The minimum Gasteiger partial charge on any atom is -0.507 e. The van der Waals surface area contributed by atoms with Crippen LogP contribution >= 0.6 is 0 Å². The van der Waals surface area contributed by atoms with Gasteiger partial charge in [0, 0.05) is 23.7 Å². The third-order valence-electron chi connectivity index (χ3n) is 3.50. The molecule has 0 spiro atoms. The Balaban J connectivity index is 2.10. The number of ether oxygens (including phenoxy) is 1. The van der Waals surface area contributed by atoms with E-state index >= 15 is 0 Å². The Bertz CT molecular complexity index is 554. The monoisotopic (exact) mass is 271 g/mol. The molecule has 2 atom stereocenters. The molecule has 2 N–H and O–H groups in total. The molecule has 0 amide bonds. The van der Waals surface area contributed by atoms with Crippen LogP contribution < -0.4 is 10.1 Å². The van der Waals surface area contributed by atoms with Crippen molar-refractivity contribution in [2.45, 2.75) is 25.9 Å². The molecular formula is C17H21NO2. The Labute approximate surface area is 120 Å². The van der Waals surface area contributed by atoms with Gasteiger partial charge in [-0.3, -0.25) is 0 Å². The highest BCUT2D eigenvalue weighted by Gasteiger charge is 2.14. The summed E-state index contributed by atoms with van der Waals surface area (Å²) in [7, 11) is 1.59. The summed E-state index contributed by atoms with van der Waals surface area (Å²) in [5.74, 6) is 0.916. The maximum atomic E-state index is 10.1. The summed E-state index contributed by atoms with van der Waals surface area (Å²) >= 11 is 0. The summed E-state index contributed by atoms with van der Waals surface area (Å²) < 4.78 is 5.10. The predicted molar refractivity (Wildman–Crippen MR) is 81.1 cm³/mol. The molecule has 0 heterocycles. The van der Waals surface area contributed by atoms with Gasteiger partial charge in [0.25, 0.3) is 0 Å². The number of benzene rings is 2. The van der Waals surface area contributed by atoms with Crippen molar-refractivity contribution in [3.63, 3.8) is 0 Å². The van der Waals surface area contributed by atoms with E-state index in [1.165, 1.54) is 5.56 Å². The van der Waals surface area contributed by atoms with Gasteiger partial charge >= 0.3 is 0 Å². The molecule has 2 aromatic rings. The van der Waals surface area contributed by atoms with Crippen molar-refractivity contribution in [3.05, 3.63) is 59.7 Å². The van der Waals surface area contributed by atoms with E-state index in [1.807, 2.05) is 37.3 Å². The lowest BCUT2D eigenvalue weighted by atomic mass is 10.0. The number of aromatic hydroxyl groups is 1. The van der Waals surface area contributed by atoms with Crippen LogP contribution in [0, 0.1) is 0 Å². The predicted octanol–water partition coefficient (Wildman–Crippen LogP) is 3.81. The van der Waals surface area contributed by atoms with Crippen molar-refractivity contribution < 1.29 is 9.84 Å². The number of nitrogens with one attached hydrogen (secondary N) is 1. The van der Waals surface area contributed by atoms with Gasteiger partial charge in [0.15, 0.2) is 0 Å². The second-order valence-corrected chi connectivity index (χ2v) is 4.95. The summed E-state index contributed by atoms with van der Waals surface area (Å²) in [4.78, 5) is 0. The van der Waals surface area contributed by atoms with Crippen LogP contribution in [-0.4, -0.2) is 12.2 Å². The summed E-state index contributed by atoms with van der Waals surface area (Å²) in [6.07, 6.45) is 0. The largest absolute Gasteiger partial charge is 0.507 e. The average molecular weight is 271 g/mol. The van der Waals surface area contributed by atoms with Gasteiger partial charge in [0.1, 0.15) is 11.5 Å². The van der Waals surface area contributed by atoms with E-state index < -0.39 is 0 Å². The normalized spacial score (nSPS) is 13.8. The van der Waals surface area contributed by atoms with Crippen LogP contribution in [0.5, 0.6) is 11.5 Å². The van der Waals surface area contributed by atoms with Gasteiger partial charge in [-0.2, -0.15) is 0 Å². The molecule has 0 saturated carbocycles. The van der Waals surface area contributed by atoms with E-state index in [9.17, 15) is 5.11 Å². The first-order chi connectivity index (χ1) is 9.61. The third kappa shape index (κ3) is 3.31. The fourth-order valence-corrected chi connectivity index (χ4v) is 2.32. The molecule has 20 heavy (non-hydrogen) atoms. The van der Waals surface area contributed by atoms with Crippen molar-refractivity contribution in [1.29, 1.82) is 0 Å². The molecule has 2 unspecified atom stereocenters. The smallest absolute Gasteiger partial charge is 0.124 e. The maximum Gasteiger partial charge on any atom is 0.124 e. The molecule has 0 aliphatic heterocycles. The number of methoxy groups -OCH3 is 1. The molecule has 2 rings (SSSR count). The Kier molecular flexibility index (Phi) is 4.64. The van der Waals surface area contributed by atoms with Gasteiger partial charge in [0.2, 0.25) is 0 Å². The van der Waals surface area contributed by atoms with Gasteiger partial charge in [0.05, 0.1) is 7.11 Å². The van der Waals surface area contributed by atoms with Gasteiger partial charge in [-0.25, -0.2) is 0 Å². The first-order valence-corrected chi connectivity index (χ1v) is 6.79. The van der Waals surface area contributed by atoms with Gasteiger partial charge in [-0.15, -0.1) is 0 Å². The highest BCUT2D eigenvalue weighted by Crippen LogP contribution is 2.29.